The summed E-state index contributed by atoms with van der Waals surface area (Å²) in [7, 11) is -4.72. The number of amides is 1. The summed E-state index contributed by atoms with van der Waals surface area (Å²) in [5.41, 5.74) is 0. The molecule has 2 aliphatic rings. The predicted molar refractivity (Wildman–Crippen MR) is 57.2 cm³/mol. The first kappa shape index (κ1) is 13.5. The fraction of sp³-hybridized carbons (Fsp3) is 0.778. The summed E-state index contributed by atoms with van der Waals surface area (Å²) in [4.78, 5) is 42.4. The molecule has 9 heteroatoms. The van der Waals surface area contributed by atoms with Gasteiger partial charge in [-0.1, -0.05) is 0 Å². The lowest BCUT2D eigenvalue weighted by Crippen LogP contribution is -2.56. The van der Waals surface area contributed by atoms with Crippen molar-refractivity contribution >= 4 is 19.7 Å². The van der Waals surface area contributed by atoms with Crippen molar-refractivity contribution in [1.82, 2.24) is 4.90 Å². The van der Waals surface area contributed by atoms with Crippen LogP contribution in [0.15, 0.2) is 0 Å². The van der Waals surface area contributed by atoms with Gasteiger partial charge in [0.2, 0.25) is 6.10 Å². The van der Waals surface area contributed by atoms with Crippen LogP contribution in [0.5, 0.6) is 0 Å². The van der Waals surface area contributed by atoms with Gasteiger partial charge in [-0.15, -0.1) is 0 Å². The molecule has 2 N–H and O–H groups in total. The van der Waals surface area contributed by atoms with E-state index in [1.165, 1.54) is 11.8 Å². The molecule has 3 atom stereocenters. The van der Waals surface area contributed by atoms with Crippen molar-refractivity contribution < 1.29 is 33.2 Å². The number of phosphoric acid groups is 1. The minimum absolute atomic E-state index is 0.456. The van der Waals surface area contributed by atoms with Crippen molar-refractivity contribution in [3.8, 4) is 0 Å². The highest BCUT2D eigenvalue weighted by Gasteiger charge is 2.48. The number of cyclic esters (lactones) is 1. The molecular formula is C9H14NO7P. The summed E-state index contributed by atoms with van der Waals surface area (Å²) in [6.07, 6.45) is -1.21. The molecule has 0 aromatic heterocycles. The number of ether oxygens (including phenoxy) is 1. The Morgan fingerprint density at radius 2 is 2.17 bits per heavy atom. The smallest absolute Gasteiger partial charge is 0.448 e. The topological polar surface area (TPSA) is 113 Å². The van der Waals surface area contributed by atoms with Gasteiger partial charge < -0.3 is 19.4 Å². The maximum Gasteiger partial charge on any atom is 0.469 e. The second-order valence-corrected chi connectivity index (χ2v) is 5.54. The second kappa shape index (κ2) is 4.62. The molecule has 0 radical (unpaired) electrons. The third-order valence-electron chi connectivity index (χ3n) is 3.02. The van der Waals surface area contributed by atoms with Gasteiger partial charge in [0.1, 0.15) is 12.1 Å². The second-order valence-electron chi connectivity index (χ2n) is 4.35. The Morgan fingerprint density at radius 1 is 1.50 bits per heavy atom. The number of carbonyl (C=O) groups excluding carboxylic acids is 2. The van der Waals surface area contributed by atoms with Gasteiger partial charge in [-0.05, 0) is 19.8 Å². The molecule has 102 valence electrons. The highest BCUT2D eigenvalue weighted by Crippen LogP contribution is 2.39. The zero-order valence-corrected chi connectivity index (χ0v) is 10.6. The highest BCUT2D eigenvalue weighted by molar-refractivity contribution is 7.46. The third-order valence-corrected chi connectivity index (χ3v) is 3.63. The molecule has 2 unspecified atom stereocenters. The first-order valence-corrected chi connectivity index (χ1v) is 7.07. The van der Waals surface area contributed by atoms with E-state index in [-0.39, 0.29) is 0 Å². The van der Waals surface area contributed by atoms with Crippen molar-refractivity contribution in [3.63, 3.8) is 0 Å². The van der Waals surface area contributed by atoms with Crippen LogP contribution in [0.25, 0.3) is 0 Å². The van der Waals surface area contributed by atoms with Crippen molar-refractivity contribution in [3.05, 3.63) is 0 Å². The van der Waals surface area contributed by atoms with Gasteiger partial charge in [-0.2, -0.15) is 0 Å². The molecule has 1 amide bonds. The van der Waals surface area contributed by atoms with Crippen LogP contribution >= 0.6 is 7.82 Å². The van der Waals surface area contributed by atoms with Gasteiger partial charge >= 0.3 is 13.8 Å². The molecule has 8 nitrogen and oxygen atoms in total. The minimum Gasteiger partial charge on any atom is -0.448 e. The van der Waals surface area contributed by atoms with Crippen LogP contribution in [0.3, 0.4) is 0 Å². The number of hydrogen-bond acceptors (Lipinski definition) is 5. The molecule has 0 aromatic rings. The van der Waals surface area contributed by atoms with Crippen LogP contribution in [0, 0.1) is 0 Å². The molecule has 2 heterocycles. The van der Waals surface area contributed by atoms with Gasteiger partial charge in [0.05, 0.1) is 0 Å². The number of fused-ring (bicyclic) bond motifs is 1. The fourth-order valence-electron chi connectivity index (χ4n) is 2.26. The number of rotatable bonds is 3. The normalized spacial score (nSPS) is 30.1. The molecule has 2 rings (SSSR count). The van der Waals surface area contributed by atoms with E-state index in [4.69, 9.17) is 14.5 Å². The quantitative estimate of drug-likeness (QED) is 0.523. The van der Waals surface area contributed by atoms with Gasteiger partial charge in [-0.3, -0.25) is 9.32 Å². The largest absolute Gasteiger partial charge is 0.469 e. The summed E-state index contributed by atoms with van der Waals surface area (Å²) in [5.74, 6) is -1.00. The van der Waals surface area contributed by atoms with Crippen LogP contribution in [0.2, 0.25) is 0 Å². The molecular weight excluding hydrogens is 265 g/mol. The third kappa shape index (κ3) is 2.56. The Kier molecular flexibility index (Phi) is 3.46. The van der Waals surface area contributed by atoms with E-state index in [2.05, 4.69) is 4.52 Å². The maximum absolute atomic E-state index is 12.0. The van der Waals surface area contributed by atoms with E-state index < -0.39 is 37.9 Å². The van der Waals surface area contributed by atoms with E-state index >= 15 is 0 Å². The maximum atomic E-state index is 12.0. The predicted octanol–water partition coefficient (Wildman–Crippen LogP) is -0.599. The molecule has 0 aliphatic carbocycles. The summed E-state index contributed by atoms with van der Waals surface area (Å²) >= 11 is 0. The Morgan fingerprint density at radius 3 is 2.78 bits per heavy atom. The summed E-state index contributed by atoms with van der Waals surface area (Å²) in [5, 5.41) is 0. The number of carbonyl (C=O) groups is 2. The monoisotopic (exact) mass is 279 g/mol. The van der Waals surface area contributed by atoms with Gasteiger partial charge in [-0.25, -0.2) is 9.36 Å². The van der Waals surface area contributed by atoms with Crippen LogP contribution < -0.4 is 0 Å². The standard InChI is InChI=1S/C9H14NO7P/c1-5(17-18(13,14)15)7-8(11)10-4-2-3-6(10)9(12)16-7/h5-7H,2-4H2,1H3,(H2,13,14,15)/t5?,6-,7?/m0/s1. The first-order valence-electron chi connectivity index (χ1n) is 5.54. The molecule has 0 aromatic carbocycles. The number of phosphoric ester groups is 1. The number of nitrogens with zero attached hydrogens (tertiary/aromatic N) is 1. The Bertz CT molecular complexity index is 419. The number of morpholine rings is 1. The van der Waals surface area contributed by atoms with E-state index in [1.807, 2.05) is 0 Å². The van der Waals surface area contributed by atoms with Gasteiger partial charge in [0.25, 0.3) is 5.91 Å². The molecule has 2 fully saturated rings. The Hall–Kier alpha value is -0.950. The summed E-state index contributed by atoms with van der Waals surface area (Å²) in [6, 6.07) is -0.559. The van der Waals surface area contributed by atoms with Crippen LogP contribution in [-0.2, 0) is 23.4 Å². The molecule has 2 aliphatic heterocycles. The van der Waals surface area contributed by atoms with Gasteiger partial charge in [0, 0.05) is 6.54 Å². The lowest BCUT2D eigenvalue weighted by atomic mass is 10.1. The van der Waals surface area contributed by atoms with E-state index in [1.54, 1.807) is 0 Å². The Balaban J connectivity index is 2.12. The van der Waals surface area contributed by atoms with Crippen molar-refractivity contribution in [2.75, 3.05) is 6.54 Å². The number of esters is 1. The zero-order chi connectivity index (χ0) is 13.5. The Labute approximate surface area is 103 Å². The SMILES string of the molecule is CC(OP(=O)(O)O)C1OC(=O)[C@@H]2CCCN2C1=O. The lowest BCUT2D eigenvalue weighted by molar-refractivity contribution is -0.182. The van der Waals surface area contributed by atoms with Crippen molar-refractivity contribution in [2.24, 2.45) is 0 Å². The van der Waals surface area contributed by atoms with E-state index in [0.717, 1.165) is 0 Å². The fourth-order valence-corrected chi connectivity index (χ4v) is 2.81. The lowest BCUT2D eigenvalue weighted by Gasteiger charge is -2.35. The average molecular weight is 279 g/mol. The molecule has 0 bridgehead atoms. The highest BCUT2D eigenvalue weighted by atomic mass is 31.2. The van der Waals surface area contributed by atoms with E-state index in [9.17, 15) is 14.2 Å². The van der Waals surface area contributed by atoms with Crippen LogP contribution in [0.1, 0.15) is 19.8 Å². The molecule has 0 spiro atoms. The minimum atomic E-state index is -4.72. The van der Waals surface area contributed by atoms with Gasteiger partial charge in [0.15, 0.2) is 0 Å². The summed E-state index contributed by atoms with van der Waals surface area (Å²) in [6.45, 7) is 1.74. The van der Waals surface area contributed by atoms with Crippen LogP contribution in [-0.4, -0.2) is 51.4 Å². The van der Waals surface area contributed by atoms with Crippen LogP contribution in [0.4, 0.5) is 0 Å². The first-order chi connectivity index (χ1) is 8.29. The van der Waals surface area contributed by atoms with E-state index in [0.29, 0.717) is 19.4 Å². The van der Waals surface area contributed by atoms with Crippen molar-refractivity contribution in [2.45, 2.75) is 38.0 Å². The average Bonchev–Trinajstić information content (AvgIpc) is 2.70. The molecule has 2 saturated heterocycles. The summed E-state index contributed by atoms with van der Waals surface area (Å²) < 4.78 is 20.0. The molecule has 18 heavy (non-hydrogen) atoms. The number of hydrogen-bond donors (Lipinski definition) is 2. The molecule has 0 saturated carbocycles. The zero-order valence-electron chi connectivity index (χ0n) is 9.68. The van der Waals surface area contributed by atoms with Crippen molar-refractivity contribution in [1.29, 1.82) is 0 Å².